The molecule has 1 saturated carbocycles. The van der Waals surface area contributed by atoms with Crippen molar-refractivity contribution < 1.29 is 14.4 Å². The van der Waals surface area contributed by atoms with E-state index in [0.29, 0.717) is 19.0 Å². The molecule has 1 unspecified atom stereocenters. The molecule has 2 aliphatic rings. The van der Waals surface area contributed by atoms with Gasteiger partial charge in [-0.2, -0.15) is 0 Å². The lowest BCUT2D eigenvalue weighted by Crippen LogP contribution is -2.33. The molecule has 5 nitrogen and oxygen atoms in total. The smallest absolute Gasteiger partial charge is 0.248 e. The van der Waals surface area contributed by atoms with Gasteiger partial charge in [-0.1, -0.05) is 0 Å². The molecule has 78 valence electrons. The van der Waals surface area contributed by atoms with Gasteiger partial charge in [0.25, 0.3) is 0 Å². The van der Waals surface area contributed by atoms with Gasteiger partial charge in [0.2, 0.25) is 11.8 Å². The summed E-state index contributed by atoms with van der Waals surface area (Å²) in [4.78, 5) is 29.2. The number of hydrogen-bond donors (Lipinski definition) is 1. The van der Waals surface area contributed by atoms with Crippen LogP contribution in [0.2, 0.25) is 0 Å². The minimum absolute atomic E-state index is 0.101. The third-order valence-corrected chi connectivity index (χ3v) is 2.72. The molecule has 2 rings (SSSR count). The third kappa shape index (κ3) is 1.72. The van der Waals surface area contributed by atoms with Crippen molar-refractivity contribution in [3.05, 3.63) is 0 Å². The monoisotopic (exact) mass is 198 g/mol. The lowest BCUT2D eigenvalue weighted by atomic mass is 10.1. The van der Waals surface area contributed by atoms with E-state index in [0.717, 1.165) is 12.8 Å². The Morgan fingerprint density at radius 2 is 2.29 bits per heavy atom. The van der Waals surface area contributed by atoms with E-state index in [-0.39, 0.29) is 17.7 Å². The molecular formula is C9H14N2O3. The highest BCUT2D eigenvalue weighted by molar-refractivity contribution is 5.89. The number of rotatable bonds is 3. The number of likely N-dealkylation sites (tertiary alicyclic amines) is 1. The van der Waals surface area contributed by atoms with Crippen molar-refractivity contribution in [2.45, 2.75) is 25.3 Å². The van der Waals surface area contributed by atoms with Crippen molar-refractivity contribution in [1.29, 1.82) is 0 Å². The first-order valence-corrected chi connectivity index (χ1v) is 4.84. The minimum atomic E-state index is -0.233. The van der Waals surface area contributed by atoms with Gasteiger partial charge in [-0.3, -0.25) is 14.4 Å². The van der Waals surface area contributed by atoms with Crippen molar-refractivity contribution in [1.82, 2.24) is 10.4 Å². The first-order valence-electron chi connectivity index (χ1n) is 4.84. The van der Waals surface area contributed by atoms with Gasteiger partial charge in [0.05, 0.1) is 13.0 Å². The summed E-state index contributed by atoms with van der Waals surface area (Å²) in [5.41, 5.74) is 2.27. The van der Waals surface area contributed by atoms with Gasteiger partial charge in [-0.05, 0) is 12.8 Å². The van der Waals surface area contributed by atoms with Crippen molar-refractivity contribution >= 4 is 11.8 Å². The Morgan fingerprint density at radius 1 is 1.57 bits per heavy atom. The van der Waals surface area contributed by atoms with E-state index in [9.17, 15) is 9.59 Å². The van der Waals surface area contributed by atoms with Crippen molar-refractivity contribution in [3.63, 3.8) is 0 Å². The zero-order chi connectivity index (χ0) is 10.1. The zero-order valence-electron chi connectivity index (χ0n) is 8.16. The van der Waals surface area contributed by atoms with Crippen LogP contribution < -0.4 is 5.48 Å². The average molecular weight is 198 g/mol. The zero-order valence-corrected chi connectivity index (χ0v) is 8.16. The summed E-state index contributed by atoms with van der Waals surface area (Å²) in [6, 6.07) is 0.405. The van der Waals surface area contributed by atoms with Crippen LogP contribution in [0.5, 0.6) is 0 Å². The molecule has 0 aromatic heterocycles. The maximum atomic E-state index is 11.5. The van der Waals surface area contributed by atoms with Crippen LogP contribution in [0, 0.1) is 5.92 Å². The second-order valence-corrected chi connectivity index (χ2v) is 3.85. The normalized spacial score (nSPS) is 26.8. The molecule has 14 heavy (non-hydrogen) atoms. The summed E-state index contributed by atoms with van der Waals surface area (Å²) in [6.07, 6.45) is 2.50. The molecule has 0 radical (unpaired) electrons. The van der Waals surface area contributed by atoms with Gasteiger partial charge in [-0.15, -0.1) is 0 Å². The highest BCUT2D eigenvalue weighted by Gasteiger charge is 2.41. The van der Waals surface area contributed by atoms with Crippen LogP contribution in [0.3, 0.4) is 0 Å². The molecule has 1 atom stereocenters. The van der Waals surface area contributed by atoms with Crippen LogP contribution in [0.1, 0.15) is 19.3 Å². The van der Waals surface area contributed by atoms with Crippen molar-refractivity contribution in [2.75, 3.05) is 13.7 Å². The fourth-order valence-corrected chi connectivity index (χ4v) is 1.83. The second-order valence-electron chi connectivity index (χ2n) is 3.85. The Bertz CT molecular complexity index is 263. The summed E-state index contributed by atoms with van der Waals surface area (Å²) in [5, 5.41) is 0. The van der Waals surface area contributed by atoms with Crippen LogP contribution >= 0.6 is 0 Å². The second kappa shape index (κ2) is 3.57. The highest BCUT2D eigenvalue weighted by atomic mass is 16.6. The maximum Gasteiger partial charge on any atom is 0.248 e. The van der Waals surface area contributed by atoms with E-state index in [2.05, 4.69) is 10.3 Å². The molecule has 1 aliphatic carbocycles. The van der Waals surface area contributed by atoms with Gasteiger partial charge in [0, 0.05) is 19.0 Å². The molecule has 1 saturated heterocycles. The number of carbonyl (C=O) groups excluding carboxylic acids is 2. The van der Waals surface area contributed by atoms with Crippen LogP contribution in [0.15, 0.2) is 0 Å². The Hall–Kier alpha value is -1.10. The fourth-order valence-electron chi connectivity index (χ4n) is 1.83. The summed E-state index contributed by atoms with van der Waals surface area (Å²) in [6.45, 7) is 0.554. The van der Waals surface area contributed by atoms with E-state index in [1.54, 1.807) is 0 Å². The summed E-state index contributed by atoms with van der Waals surface area (Å²) < 4.78 is 0. The molecule has 1 aliphatic heterocycles. The summed E-state index contributed by atoms with van der Waals surface area (Å²) in [7, 11) is 1.40. The molecule has 0 aromatic rings. The molecule has 1 heterocycles. The van der Waals surface area contributed by atoms with Crippen LogP contribution in [-0.2, 0) is 14.4 Å². The molecule has 0 spiro atoms. The van der Waals surface area contributed by atoms with E-state index < -0.39 is 0 Å². The number of carbonyl (C=O) groups is 2. The molecule has 0 bridgehead atoms. The third-order valence-electron chi connectivity index (χ3n) is 2.72. The standard InChI is InChI=1S/C9H14N2O3/c1-14-10-9(13)6-4-8(12)11(5-6)7-2-3-7/h6-7H,2-5H2,1H3,(H,10,13). The summed E-state index contributed by atoms with van der Waals surface area (Å²) >= 11 is 0. The number of hydroxylamine groups is 1. The fraction of sp³-hybridized carbons (Fsp3) is 0.778. The molecule has 0 aromatic carbocycles. The predicted molar refractivity (Wildman–Crippen MR) is 48.0 cm³/mol. The summed E-state index contributed by atoms with van der Waals surface area (Å²) in [5.74, 6) is -0.323. The molecule has 2 amide bonds. The Kier molecular flexibility index (Phi) is 2.41. The van der Waals surface area contributed by atoms with Crippen molar-refractivity contribution in [2.24, 2.45) is 5.92 Å². The molecular weight excluding hydrogens is 184 g/mol. The Labute approximate surface area is 82.3 Å². The first-order chi connectivity index (χ1) is 6.72. The van der Waals surface area contributed by atoms with Gasteiger partial charge >= 0.3 is 0 Å². The van der Waals surface area contributed by atoms with Gasteiger partial charge in [0.15, 0.2) is 0 Å². The molecule has 2 fully saturated rings. The molecule has 5 heteroatoms. The van der Waals surface area contributed by atoms with E-state index in [1.807, 2.05) is 4.90 Å². The van der Waals surface area contributed by atoms with Gasteiger partial charge < -0.3 is 4.90 Å². The SMILES string of the molecule is CONC(=O)C1CC(=O)N(C2CC2)C1. The first kappa shape index (κ1) is 9.45. The Balaban J connectivity index is 1.91. The van der Waals surface area contributed by atoms with Gasteiger partial charge in [0.1, 0.15) is 0 Å². The van der Waals surface area contributed by atoms with Gasteiger partial charge in [-0.25, -0.2) is 5.48 Å². The topological polar surface area (TPSA) is 58.6 Å². The predicted octanol–water partition coefficient (Wildman–Crippen LogP) is -0.325. The van der Waals surface area contributed by atoms with Crippen LogP contribution in [-0.4, -0.2) is 36.4 Å². The minimum Gasteiger partial charge on any atom is -0.339 e. The van der Waals surface area contributed by atoms with Crippen LogP contribution in [0.4, 0.5) is 0 Å². The maximum absolute atomic E-state index is 11.5. The number of hydrogen-bond acceptors (Lipinski definition) is 3. The van der Waals surface area contributed by atoms with Crippen molar-refractivity contribution in [3.8, 4) is 0 Å². The number of amides is 2. The quantitative estimate of drug-likeness (QED) is 0.632. The number of nitrogens with zero attached hydrogens (tertiary/aromatic N) is 1. The van der Waals surface area contributed by atoms with E-state index in [1.165, 1.54) is 7.11 Å². The Morgan fingerprint density at radius 3 is 2.86 bits per heavy atom. The largest absolute Gasteiger partial charge is 0.339 e. The average Bonchev–Trinajstić information content (AvgIpc) is 2.91. The lowest BCUT2D eigenvalue weighted by molar-refractivity contribution is -0.135. The van der Waals surface area contributed by atoms with Crippen LogP contribution in [0.25, 0.3) is 0 Å². The number of nitrogens with one attached hydrogen (secondary N) is 1. The van der Waals surface area contributed by atoms with E-state index in [4.69, 9.17) is 0 Å². The van der Waals surface area contributed by atoms with E-state index >= 15 is 0 Å². The molecule has 1 N–H and O–H groups in total. The highest BCUT2D eigenvalue weighted by Crippen LogP contribution is 2.32. The lowest BCUT2D eigenvalue weighted by Gasteiger charge is -2.14.